The van der Waals surface area contributed by atoms with Crippen LogP contribution < -0.4 is 0 Å². The third-order valence-electron chi connectivity index (χ3n) is 4.12. The zero-order chi connectivity index (χ0) is 16.4. The highest BCUT2D eigenvalue weighted by atomic mass is 32.1. The minimum Gasteiger partial charge on any atom is -0.363 e. The number of nitrogens with one attached hydrogen (secondary N) is 1. The molecule has 0 spiro atoms. The van der Waals surface area contributed by atoms with E-state index in [9.17, 15) is 0 Å². The molecule has 0 atom stereocenters. The van der Waals surface area contributed by atoms with Gasteiger partial charge < -0.3 is 4.90 Å². The predicted octanol–water partition coefficient (Wildman–Crippen LogP) is 5.14. The van der Waals surface area contributed by atoms with Gasteiger partial charge in [0.05, 0.1) is 0 Å². The van der Waals surface area contributed by atoms with Crippen LogP contribution in [0.5, 0.6) is 0 Å². The fraction of sp³-hybridized carbons (Fsp3) is 0.263. The number of amidine groups is 2. The Bertz CT molecular complexity index is 892. The molecular weight excluding hydrogens is 302 g/mol. The predicted molar refractivity (Wildman–Crippen MR) is 102 cm³/mol. The van der Waals surface area contributed by atoms with Crippen molar-refractivity contribution in [2.75, 3.05) is 13.6 Å². The van der Waals surface area contributed by atoms with Crippen LogP contribution >= 0.6 is 11.3 Å². The number of benzene rings is 2. The Morgan fingerprint density at radius 2 is 1.83 bits per heavy atom. The van der Waals surface area contributed by atoms with Crippen molar-refractivity contribution < 1.29 is 0 Å². The van der Waals surface area contributed by atoms with Gasteiger partial charge in [-0.1, -0.05) is 25.1 Å². The maximum atomic E-state index is 8.36. The van der Waals surface area contributed by atoms with E-state index in [1.807, 2.05) is 13.1 Å². The van der Waals surface area contributed by atoms with Gasteiger partial charge in [-0.25, -0.2) is 4.99 Å². The molecule has 2 aromatic carbocycles. The summed E-state index contributed by atoms with van der Waals surface area (Å²) in [4.78, 5) is 6.63. The highest BCUT2D eigenvalue weighted by Crippen LogP contribution is 2.34. The van der Waals surface area contributed by atoms with Crippen LogP contribution in [0.15, 0.2) is 47.5 Å². The molecule has 0 saturated carbocycles. The molecule has 0 aliphatic carbocycles. The van der Waals surface area contributed by atoms with E-state index in [1.54, 1.807) is 11.3 Å². The van der Waals surface area contributed by atoms with Gasteiger partial charge in [-0.05, 0) is 31.2 Å². The van der Waals surface area contributed by atoms with Crippen LogP contribution in [-0.4, -0.2) is 30.2 Å². The maximum absolute atomic E-state index is 8.36. The molecule has 0 saturated heterocycles. The minimum absolute atomic E-state index is 0.333. The van der Waals surface area contributed by atoms with Gasteiger partial charge in [-0.2, -0.15) is 0 Å². The van der Waals surface area contributed by atoms with Crippen LogP contribution in [0.1, 0.15) is 25.8 Å². The van der Waals surface area contributed by atoms with Gasteiger partial charge in [0.1, 0.15) is 5.84 Å². The Hall–Kier alpha value is -2.20. The van der Waals surface area contributed by atoms with Crippen molar-refractivity contribution in [1.29, 1.82) is 5.41 Å². The Morgan fingerprint density at radius 3 is 2.57 bits per heavy atom. The van der Waals surface area contributed by atoms with Crippen molar-refractivity contribution >= 4 is 43.2 Å². The van der Waals surface area contributed by atoms with Gasteiger partial charge in [0.2, 0.25) is 0 Å². The molecule has 0 fully saturated rings. The molecule has 0 aliphatic rings. The van der Waals surface area contributed by atoms with E-state index in [-0.39, 0.29) is 0 Å². The first kappa shape index (κ1) is 15.7. The molecule has 0 amide bonds. The second-order valence-corrected chi connectivity index (χ2v) is 6.64. The van der Waals surface area contributed by atoms with Gasteiger partial charge in [-0.15, -0.1) is 11.3 Å². The second kappa shape index (κ2) is 6.50. The van der Waals surface area contributed by atoms with Crippen molar-refractivity contribution in [1.82, 2.24) is 4.90 Å². The topological polar surface area (TPSA) is 39.5 Å². The summed E-state index contributed by atoms with van der Waals surface area (Å²) in [6, 6.07) is 14.6. The fourth-order valence-electron chi connectivity index (χ4n) is 2.68. The zero-order valence-electron chi connectivity index (χ0n) is 13.8. The first-order valence-corrected chi connectivity index (χ1v) is 8.74. The van der Waals surface area contributed by atoms with Gasteiger partial charge in [-0.3, -0.25) is 5.41 Å². The molecule has 1 aromatic heterocycles. The number of hydrogen-bond donors (Lipinski definition) is 1. The maximum Gasteiger partial charge on any atom is 0.153 e. The summed E-state index contributed by atoms with van der Waals surface area (Å²) in [6.45, 7) is 5.07. The molecule has 23 heavy (non-hydrogen) atoms. The summed E-state index contributed by atoms with van der Waals surface area (Å²) >= 11 is 1.79. The van der Waals surface area contributed by atoms with Gasteiger partial charge >= 0.3 is 0 Å². The third-order valence-corrected chi connectivity index (χ3v) is 5.27. The van der Waals surface area contributed by atoms with Crippen molar-refractivity contribution in [2.24, 2.45) is 4.99 Å². The highest BCUT2D eigenvalue weighted by Gasteiger charge is 2.09. The summed E-state index contributed by atoms with van der Waals surface area (Å²) in [7, 11) is 2.02. The molecule has 3 aromatic rings. The number of fused-ring (bicyclic) bond motifs is 3. The molecule has 4 heteroatoms. The van der Waals surface area contributed by atoms with Crippen molar-refractivity contribution in [2.45, 2.75) is 20.3 Å². The van der Waals surface area contributed by atoms with E-state index < -0.39 is 0 Å². The average molecular weight is 323 g/mol. The average Bonchev–Trinajstić information content (AvgIpc) is 2.96. The summed E-state index contributed by atoms with van der Waals surface area (Å²) < 4.78 is 2.54. The van der Waals surface area contributed by atoms with E-state index in [4.69, 9.17) is 5.41 Å². The summed E-state index contributed by atoms with van der Waals surface area (Å²) in [6.07, 6.45) is 0.830. The van der Waals surface area contributed by atoms with E-state index in [1.165, 1.54) is 20.2 Å². The summed E-state index contributed by atoms with van der Waals surface area (Å²) in [5.41, 5.74) is 0.872. The minimum atomic E-state index is 0.333. The van der Waals surface area contributed by atoms with Gasteiger partial charge in [0.25, 0.3) is 0 Å². The first-order chi connectivity index (χ1) is 11.1. The van der Waals surface area contributed by atoms with Gasteiger partial charge in [0, 0.05) is 45.7 Å². The zero-order valence-corrected chi connectivity index (χ0v) is 14.6. The molecule has 1 heterocycles. The SMILES string of the molecule is CCC(=NC(=N)c1ccc2sc3ccccc3c2c1)N(C)CC. The number of rotatable bonds is 3. The van der Waals surface area contributed by atoms with Crippen molar-refractivity contribution in [3.63, 3.8) is 0 Å². The first-order valence-electron chi connectivity index (χ1n) is 7.93. The molecule has 3 rings (SSSR count). The Kier molecular flexibility index (Phi) is 4.44. The molecule has 118 valence electrons. The van der Waals surface area contributed by atoms with E-state index in [0.29, 0.717) is 5.84 Å². The number of nitrogens with zero attached hydrogens (tertiary/aromatic N) is 2. The van der Waals surface area contributed by atoms with Crippen LogP contribution in [0.25, 0.3) is 20.2 Å². The van der Waals surface area contributed by atoms with E-state index in [0.717, 1.165) is 24.4 Å². The quantitative estimate of drug-likeness (QED) is 0.526. The lowest BCUT2D eigenvalue weighted by atomic mass is 10.1. The number of thiophene rings is 1. The lowest BCUT2D eigenvalue weighted by Crippen LogP contribution is -2.26. The number of aliphatic imine (C=N–C) groups is 1. The molecule has 0 aliphatic heterocycles. The molecule has 0 radical (unpaired) electrons. The normalized spacial score (nSPS) is 12.0. The monoisotopic (exact) mass is 323 g/mol. The van der Waals surface area contributed by atoms with Crippen LogP contribution in [-0.2, 0) is 0 Å². The van der Waals surface area contributed by atoms with Crippen LogP contribution in [0.2, 0.25) is 0 Å². The van der Waals surface area contributed by atoms with Crippen LogP contribution in [0.4, 0.5) is 0 Å². The smallest absolute Gasteiger partial charge is 0.153 e. The lowest BCUT2D eigenvalue weighted by molar-refractivity contribution is 0.525. The second-order valence-electron chi connectivity index (χ2n) is 5.55. The molecular formula is C19H21N3S. The summed E-state index contributed by atoms with van der Waals surface area (Å²) in [5.74, 6) is 1.28. The molecule has 1 N–H and O–H groups in total. The Morgan fingerprint density at radius 1 is 1.09 bits per heavy atom. The number of hydrogen-bond acceptors (Lipinski definition) is 2. The van der Waals surface area contributed by atoms with Crippen molar-refractivity contribution in [3.05, 3.63) is 48.0 Å². The van der Waals surface area contributed by atoms with E-state index >= 15 is 0 Å². The van der Waals surface area contributed by atoms with Crippen LogP contribution in [0, 0.1) is 5.41 Å². The standard InChI is InChI=1S/C19H21N3S/c1-4-18(22(3)5-2)21-19(20)13-10-11-17-15(12-13)14-8-6-7-9-16(14)23-17/h6-12,20H,4-5H2,1-3H3. The lowest BCUT2D eigenvalue weighted by Gasteiger charge is -2.18. The fourth-order valence-corrected chi connectivity index (χ4v) is 3.77. The van der Waals surface area contributed by atoms with E-state index in [2.05, 4.69) is 60.1 Å². The molecule has 3 nitrogen and oxygen atoms in total. The Balaban J connectivity index is 2.04. The largest absolute Gasteiger partial charge is 0.363 e. The summed E-state index contributed by atoms with van der Waals surface area (Å²) in [5, 5.41) is 10.8. The third kappa shape index (κ3) is 2.99. The Labute approximate surface area is 140 Å². The van der Waals surface area contributed by atoms with Crippen molar-refractivity contribution in [3.8, 4) is 0 Å². The van der Waals surface area contributed by atoms with Crippen LogP contribution in [0.3, 0.4) is 0 Å². The molecule has 0 unspecified atom stereocenters. The van der Waals surface area contributed by atoms with Gasteiger partial charge in [0.15, 0.2) is 5.84 Å². The highest BCUT2D eigenvalue weighted by molar-refractivity contribution is 7.25. The molecule has 0 bridgehead atoms.